The van der Waals surface area contributed by atoms with Crippen LogP contribution in [-0.4, -0.2) is 36.6 Å². The molecule has 0 heterocycles. The number of amides is 2. The fraction of sp³-hybridized carbons (Fsp3) is 0.500. The standard InChI is InChI=1S/C10H12N4O3S/c1-12-6-7-17-10(16)14-9(18-2)13-8(15)4-3-5-11/h3-4,6-7H2,2H3,(H,13,14,15,16). The Kier molecular flexibility index (Phi) is 8.96. The van der Waals surface area contributed by atoms with Gasteiger partial charge in [-0.2, -0.15) is 10.3 Å². The lowest BCUT2D eigenvalue weighted by molar-refractivity contribution is -0.119. The van der Waals surface area contributed by atoms with Gasteiger partial charge >= 0.3 is 6.09 Å². The van der Waals surface area contributed by atoms with Crippen LogP contribution in [0.2, 0.25) is 0 Å². The summed E-state index contributed by atoms with van der Waals surface area (Å²) in [6.07, 6.45) is 0.922. The maximum Gasteiger partial charge on any atom is 0.436 e. The van der Waals surface area contributed by atoms with Crippen molar-refractivity contribution in [1.29, 1.82) is 5.26 Å². The summed E-state index contributed by atoms with van der Waals surface area (Å²) in [6.45, 7) is 6.53. The Bertz CT molecular complexity index is 408. The molecule has 18 heavy (non-hydrogen) atoms. The van der Waals surface area contributed by atoms with E-state index in [0.717, 1.165) is 11.8 Å². The minimum Gasteiger partial charge on any atom is -0.440 e. The number of nitrogens with zero attached hydrogens (tertiary/aromatic N) is 3. The zero-order valence-electron chi connectivity index (χ0n) is 9.80. The van der Waals surface area contributed by atoms with Gasteiger partial charge in [0.15, 0.2) is 11.8 Å². The second-order valence-corrected chi connectivity index (χ2v) is 3.62. The fourth-order valence-corrected chi connectivity index (χ4v) is 1.15. The average Bonchev–Trinajstić information content (AvgIpc) is 2.35. The minimum absolute atomic E-state index is 0.0319. The van der Waals surface area contributed by atoms with Gasteiger partial charge in [0, 0.05) is 12.8 Å². The molecule has 0 saturated carbocycles. The Hall–Kier alpha value is -2.06. The molecule has 0 aliphatic rings. The summed E-state index contributed by atoms with van der Waals surface area (Å²) in [4.78, 5) is 28.9. The molecule has 7 nitrogen and oxygen atoms in total. The Morgan fingerprint density at radius 1 is 1.61 bits per heavy atom. The molecule has 1 N–H and O–H groups in total. The first kappa shape index (κ1) is 15.9. The number of nitrogens with one attached hydrogen (secondary N) is 1. The molecule has 0 radical (unpaired) electrons. The van der Waals surface area contributed by atoms with Gasteiger partial charge in [0.05, 0.1) is 6.07 Å². The van der Waals surface area contributed by atoms with E-state index in [1.54, 1.807) is 6.26 Å². The minimum atomic E-state index is -0.858. The largest absolute Gasteiger partial charge is 0.440 e. The lowest BCUT2D eigenvalue weighted by atomic mass is 10.3. The van der Waals surface area contributed by atoms with Crippen LogP contribution in [0.3, 0.4) is 0 Å². The smallest absolute Gasteiger partial charge is 0.436 e. The van der Waals surface area contributed by atoms with Gasteiger partial charge in [-0.1, -0.05) is 11.8 Å². The van der Waals surface area contributed by atoms with Crippen LogP contribution in [0, 0.1) is 17.9 Å². The highest BCUT2D eigenvalue weighted by atomic mass is 32.2. The fourth-order valence-electron chi connectivity index (χ4n) is 0.770. The van der Waals surface area contributed by atoms with Crippen molar-refractivity contribution in [1.82, 2.24) is 5.32 Å². The number of carbonyl (C=O) groups excluding carboxylic acids is 2. The molecule has 8 heteroatoms. The van der Waals surface area contributed by atoms with E-state index in [0.29, 0.717) is 0 Å². The van der Waals surface area contributed by atoms with E-state index in [1.807, 2.05) is 6.07 Å². The van der Waals surface area contributed by atoms with Gasteiger partial charge in [-0.15, -0.1) is 0 Å². The first-order valence-electron chi connectivity index (χ1n) is 4.93. The molecule has 2 amide bonds. The van der Waals surface area contributed by atoms with Gasteiger partial charge in [-0.25, -0.2) is 11.4 Å². The van der Waals surface area contributed by atoms with E-state index in [2.05, 4.69) is 19.9 Å². The number of carbonyl (C=O) groups is 2. The van der Waals surface area contributed by atoms with Crippen molar-refractivity contribution in [3.05, 3.63) is 11.4 Å². The molecule has 0 saturated heterocycles. The summed E-state index contributed by atoms with van der Waals surface area (Å²) in [5.74, 6) is -0.390. The summed E-state index contributed by atoms with van der Waals surface area (Å²) in [7, 11) is 0. The van der Waals surface area contributed by atoms with Gasteiger partial charge < -0.3 is 14.9 Å². The highest BCUT2D eigenvalue weighted by Crippen LogP contribution is 1.98. The number of amidine groups is 1. The van der Waals surface area contributed by atoms with Crippen LogP contribution in [0.1, 0.15) is 12.8 Å². The Morgan fingerprint density at radius 2 is 2.33 bits per heavy atom. The van der Waals surface area contributed by atoms with Crippen molar-refractivity contribution < 1.29 is 14.3 Å². The van der Waals surface area contributed by atoms with E-state index in [4.69, 9.17) is 11.8 Å². The SMILES string of the molecule is [C-]#[N+]CCOC(=O)/N=C(/NC(=O)CCC#N)SC. The van der Waals surface area contributed by atoms with Gasteiger partial charge in [0.1, 0.15) is 0 Å². The molecular formula is C10H12N4O3S. The number of hydrogen-bond acceptors (Lipinski definition) is 5. The van der Waals surface area contributed by atoms with Crippen molar-refractivity contribution >= 4 is 28.9 Å². The molecule has 0 fully saturated rings. The van der Waals surface area contributed by atoms with Crippen LogP contribution < -0.4 is 5.32 Å². The molecule has 0 aliphatic heterocycles. The van der Waals surface area contributed by atoms with Crippen LogP contribution in [-0.2, 0) is 9.53 Å². The van der Waals surface area contributed by atoms with Crippen LogP contribution >= 0.6 is 11.8 Å². The quantitative estimate of drug-likeness (QED) is 0.357. The number of thioether (sulfide) groups is 1. The Labute approximate surface area is 109 Å². The van der Waals surface area contributed by atoms with E-state index in [-0.39, 0.29) is 31.2 Å². The van der Waals surface area contributed by atoms with Crippen molar-refractivity contribution in [2.75, 3.05) is 19.4 Å². The van der Waals surface area contributed by atoms with Crippen LogP contribution in [0.4, 0.5) is 4.79 Å². The molecule has 0 spiro atoms. The second kappa shape index (κ2) is 10.1. The number of rotatable bonds is 4. The molecule has 0 aromatic rings. The second-order valence-electron chi connectivity index (χ2n) is 2.82. The van der Waals surface area contributed by atoms with E-state index in [1.165, 1.54) is 0 Å². The lowest BCUT2D eigenvalue weighted by Crippen LogP contribution is -2.28. The monoisotopic (exact) mass is 268 g/mol. The highest BCUT2D eigenvalue weighted by Gasteiger charge is 2.08. The number of ether oxygens (including phenoxy) is 1. The zero-order chi connectivity index (χ0) is 13.8. The lowest BCUT2D eigenvalue weighted by Gasteiger charge is -2.04. The van der Waals surface area contributed by atoms with Gasteiger partial charge in [0.25, 0.3) is 0 Å². The van der Waals surface area contributed by atoms with Crippen molar-refractivity contribution in [3.63, 3.8) is 0 Å². The van der Waals surface area contributed by atoms with Crippen molar-refractivity contribution in [3.8, 4) is 6.07 Å². The Balaban J connectivity index is 4.22. The van der Waals surface area contributed by atoms with E-state index in [9.17, 15) is 9.59 Å². The molecule has 0 unspecified atom stereocenters. The summed E-state index contributed by atoms with van der Waals surface area (Å²) < 4.78 is 4.62. The predicted octanol–water partition coefficient (Wildman–Crippen LogP) is 1.18. The molecule has 0 aromatic heterocycles. The van der Waals surface area contributed by atoms with Crippen molar-refractivity contribution in [2.45, 2.75) is 12.8 Å². The molecule has 0 aromatic carbocycles. The van der Waals surface area contributed by atoms with Crippen LogP contribution in [0.15, 0.2) is 4.99 Å². The summed E-state index contributed by atoms with van der Waals surface area (Å²) in [5.41, 5.74) is 0. The van der Waals surface area contributed by atoms with E-state index >= 15 is 0 Å². The van der Waals surface area contributed by atoms with Crippen LogP contribution in [0.25, 0.3) is 4.85 Å². The molecule has 0 rings (SSSR count). The number of aliphatic imine (C=N–C) groups is 1. The first-order valence-corrected chi connectivity index (χ1v) is 6.16. The Morgan fingerprint density at radius 3 is 2.89 bits per heavy atom. The molecule has 0 bridgehead atoms. The first-order chi connectivity index (χ1) is 8.63. The molecule has 0 atom stereocenters. The topological polar surface area (TPSA) is 95.9 Å². The van der Waals surface area contributed by atoms with Gasteiger partial charge in [0.2, 0.25) is 12.5 Å². The maximum absolute atomic E-state index is 11.3. The normalized spacial score (nSPS) is 10.1. The van der Waals surface area contributed by atoms with Crippen molar-refractivity contribution in [2.24, 2.45) is 4.99 Å². The number of hydrogen-bond donors (Lipinski definition) is 1. The van der Waals surface area contributed by atoms with Crippen LogP contribution in [0.5, 0.6) is 0 Å². The molecule has 96 valence electrons. The molecular weight excluding hydrogens is 256 g/mol. The number of nitriles is 1. The summed E-state index contributed by atoms with van der Waals surface area (Å²) in [6, 6.07) is 1.84. The highest BCUT2D eigenvalue weighted by molar-refractivity contribution is 8.13. The maximum atomic E-state index is 11.3. The third kappa shape index (κ3) is 8.13. The van der Waals surface area contributed by atoms with Gasteiger partial charge in [-0.3, -0.25) is 4.79 Å². The predicted molar refractivity (Wildman–Crippen MR) is 66.8 cm³/mol. The zero-order valence-corrected chi connectivity index (χ0v) is 10.6. The third-order valence-electron chi connectivity index (χ3n) is 1.53. The molecule has 0 aliphatic carbocycles. The van der Waals surface area contributed by atoms with E-state index < -0.39 is 12.0 Å². The third-order valence-corrected chi connectivity index (χ3v) is 2.11. The average molecular weight is 268 g/mol. The van der Waals surface area contributed by atoms with Gasteiger partial charge in [-0.05, 0) is 6.26 Å². The summed E-state index contributed by atoms with van der Waals surface area (Å²) >= 11 is 1.07. The summed E-state index contributed by atoms with van der Waals surface area (Å²) in [5, 5.41) is 10.8.